The van der Waals surface area contributed by atoms with E-state index in [1.165, 1.54) is 5.56 Å². The molecule has 2 rings (SSSR count). The summed E-state index contributed by atoms with van der Waals surface area (Å²) in [5.41, 5.74) is 2.25. The molecule has 1 aromatic rings. The lowest BCUT2D eigenvalue weighted by Crippen LogP contribution is -2.31. The van der Waals surface area contributed by atoms with Gasteiger partial charge in [-0.3, -0.25) is 0 Å². The summed E-state index contributed by atoms with van der Waals surface area (Å²) in [5, 5.41) is 12.3. The van der Waals surface area contributed by atoms with Gasteiger partial charge in [0.25, 0.3) is 0 Å². The van der Waals surface area contributed by atoms with Crippen LogP contribution < -0.4 is 4.42 Å². The molecule has 0 fully saturated rings. The number of nitrogens with zero attached hydrogens (tertiary/aromatic N) is 1. The van der Waals surface area contributed by atoms with Gasteiger partial charge >= 0.3 is 0 Å². The Kier molecular flexibility index (Phi) is 2.37. The molecule has 0 amide bonds. The zero-order valence-corrected chi connectivity index (χ0v) is 8.79. The minimum Gasteiger partial charge on any atom is -0.626 e. The van der Waals surface area contributed by atoms with Gasteiger partial charge < -0.3 is 9.62 Å². The molecule has 0 N–H and O–H groups in total. The lowest BCUT2D eigenvalue weighted by Gasteiger charge is -2.37. The van der Waals surface area contributed by atoms with Crippen LogP contribution in [0.25, 0.3) is 0 Å². The Bertz CT molecular complexity index is 312. The van der Waals surface area contributed by atoms with Gasteiger partial charge in [0.05, 0.1) is 15.3 Å². The number of rotatable bonds is 2. The normalized spacial score (nSPS) is 26.9. The summed E-state index contributed by atoms with van der Waals surface area (Å²) >= 11 is 0. The third kappa shape index (κ3) is 1.50. The summed E-state index contributed by atoms with van der Waals surface area (Å²) in [4.78, 5) is 0. The van der Waals surface area contributed by atoms with E-state index in [-0.39, 0.29) is 4.42 Å². The van der Waals surface area contributed by atoms with Crippen LogP contribution in [-0.4, -0.2) is 12.7 Å². The van der Waals surface area contributed by atoms with Crippen molar-refractivity contribution in [3.8, 4) is 0 Å². The van der Waals surface area contributed by atoms with E-state index < -0.39 is 0 Å². The van der Waals surface area contributed by atoms with Gasteiger partial charge in [-0.2, -0.15) is 0 Å². The average molecular weight is 195 g/mol. The average Bonchev–Trinajstić information content (AvgIpc) is 2.46. The first kappa shape index (κ1) is 9.14. The minimum absolute atomic E-state index is 0.0767. The SMILES string of the molecule is CCP[N+]1([O-])CCc2ccccc21. The quantitative estimate of drug-likeness (QED) is 0.525. The van der Waals surface area contributed by atoms with Gasteiger partial charge in [-0.1, -0.05) is 25.1 Å². The third-order valence-corrected chi connectivity index (χ3v) is 3.78. The number of hydrogen-bond acceptors (Lipinski definition) is 1. The van der Waals surface area contributed by atoms with Crippen molar-refractivity contribution < 1.29 is 0 Å². The number of para-hydroxylation sites is 1. The largest absolute Gasteiger partial charge is 0.626 e. The van der Waals surface area contributed by atoms with Crippen molar-refractivity contribution in [3.05, 3.63) is 35.0 Å². The molecule has 1 aliphatic heterocycles. The number of hydroxylamine groups is 1. The van der Waals surface area contributed by atoms with Crippen LogP contribution in [0, 0.1) is 5.21 Å². The van der Waals surface area contributed by atoms with Gasteiger partial charge in [0.2, 0.25) is 0 Å². The van der Waals surface area contributed by atoms with E-state index in [1.54, 1.807) is 0 Å². The highest BCUT2D eigenvalue weighted by atomic mass is 31.1. The first-order chi connectivity index (χ1) is 6.26. The maximum atomic E-state index is 12.3. The van der Waals surface area contributed by atoms with Crippen LogP contribution in [0.15, 0.2) is 24.3 Å². The molecule has 1 aliphatic rings. The van der Waals surface area contributed by atoms with Gasteiger partial charge in [-0.15, -0.1) is 0 Å². The van der Waals surface area contributed by atoms with Crippen LogP contribution >= 0.6 is 8.73 Å². The monoisotopic (exact) mass is 195 g/mol. The Hall–Kier alpha value is -0.430. The van der Waals surface area contributed by atoms with E-state index in [1.807, 2.05) is 18.2 Å². The number of quaternary nitrogens is 1. The predicted molar refractivity (Wildman–Crippen MR) is 59.0 cm³/mol. The maximum absolute atomic E-state index is 12.3. The van der Waals surface area contributed by atoms with Crippen LogP contribution in [0.1, 0.15) is 12.5 Å². The Labute approximate surface area is 80.6 Å². The highest BCUT2D eigenvalue weighted by molar-refractivity contribution is 7.37. The lowest BCUT2D eigenvalue weighted by molar-refractivity contribution is 0.637. The van der Waals surface area contributed by atoms with Crippen molar-refractivity contribution in [2.45, 2.75) is 13.3 Å². The summed E-state index contributed by atoms with van der Waals surface area (Å²) in [5.74, 6) is 0. The standard InChI is InChI=1S/C10H14NOP/c1-2-13-11(12)8-7-9-5-3-4-6-10(9)11/h3-6,13H,2,7-8H2,1H3. The molecular weight excluding hydrogens is 181 g/mol. The second-order valence-electron chi connectivity index (χ2n) is 3.35. The van der Waals surface area contributed by atoms with Gasteiger partial charge in [0.15, 0.2) is 0 Å². The fraction of sp³-hybridized carbons (Fsp3) is 0.400. The highest BCUT2D eigenvalue weighted by Crippen LogP contribution is 2.42. The molecule has 0 aliphatic carbocycles. The van der Waals surface area contributed by atoms with Crippen molar-refractivity contribution in [3.63, 3.8) is 0 Å². The van der Waals surface area contributed by atoms with Crippen molar-refractivity contribution in [2.75, 3.05) is 12.7 Å². The molecule has 2 nitrogen and oxygen atoms in total. The van der Waals surface area contributed by atoms with Gasteiger partial charge in [0, 0.05) is 18.1 Å². The number of fused-ring (bicyclic) bond motifs is 1. The predicted octanol–water partition coefficient (Wildman–Crippen LogP) is 2.66. The zero-order chi connectivity index (χ0) is 9.31. The lowest BCUT2D eigenvalue weighted by atomic mass is 10.2. The highest BCUT2D eigenvalue weighted by Gasteiger charge is 2.29. The number of benzene rings is 1. The fourth-order valence-corrected chi connectivity index (χ4v) is 3.06. The summed E-state index contributed by atoms with van der Waals surface area (Å²) < 4.78 is -0.0767. The Morgan fingerprint density at radius 3 is 3.00 bits per heavy atom. The van der Waals surface area contributed by atoms with Gasteiger partial charge in [-0.05, 0) is 6.07 Å². The van der Waals surface area contributed by atoms with Crippen LogP contribution in [0.2, 0.25) is 0 Å². The number of hydrogen-bond donors (Lipinski definition) is 0. The topological polar surface area (TPSA) is 23.1 Å². The first-order valence-corrected chi connectivity index (χ1v) is 5.84. The summed E-state index contributed by atoms with van der Waals surface area (Å²) in [6.45, 7) is 2.82. The molecule has 0 saturated carbocycles. The van der Waals surface area contributed by atoms with Gasteiger partial charge in [-0.25, -0.2) is 0 Å². The second-order valence-corrected chi connectivity index (χ2v) is 5.10. The zero-order valence-electron chi connectivity index (χ0n) is 7.79. The molecule has 70 valence electrons. The van der Waals surface area contributed by atoms with Crippen LogP contribution in [0.4, 0.5) is 5.69 Å². The molecule has 0 aromatic heterocycles. The van der Waals surface area contributed by atoms with Crippen LogP contribution in [0.3, 0.4) is 0 Å². The van der Waals surface area contributed by atoms with Crippen LogP contribution in [-0.2, 0) is 6.42 Å². The Balaban J connectivity index is 2.37. The van der Waals surface area contributed by atoms with E-state index in [2.05, 4.69) is 13.0 Å². The minimum atomic E-state index is -0.0767. The molecule has 0 radical (unpaired) electrons. The smallest absolute Gasteiger partial charge is 0.137 e. The molecule has 0 saturated heterocycles. The Morgan fingerprint density at radius 2 is 2.23 bits per heavy atom. The molecule has 0 spiro atoms. The molecule has 2 unspecified atom stereocenters. The third-order valence-electron chi connectivity index (χ3n) is 2.49. The molecule has 1 aromatic carbocycles. The first-order valence-electron chi connectivity index (χ1n) is 4.69. The van der Waals surface area contributed by atoms with Gasteiger partial charge in [0.1, 0.15) is 5.69 Å². The molecule has 1 heterocycles. The van der Waals surface area contributed by atoms with E-state index in [4.69, 9.17) is 0 Å². The van der Waals surface area contributed by atoms with Crippen molar-refractivity contribution >= 4 is 14.4 Å². The summed E-state index contributed by atoms with van der Waals surface area (Å²) in [7, 11) is 0.470. The Morgan fingerprint density at radius 1 is 1.46 bits per heavy atom. The van der Waals surface area contributed by atoms with E-state index in [0.29, 0.717) is 8.73 Å². The maximum Gasteiger partial charge on any atom is 0.137 e. The summed E-state index contributed by atoms with van der Waals surface area (Å²) in [6, 6.07) is 8.05. The second kappa shape index (κ2) is 3.38. The molecule has 0 bridgehead atoms. The fourth-order valence-electron chi connectivity index (χ4n) is 1.89. The van der Waals surface area contributed by atoms with E-state index in [0.717, 1.165) is 24.8 Å². The van der Waals surface area contributed by atoms with Crippen LogP contribution in [0.5, 0.6) is 0 Å². The van der Waals surface area contributed by atoms with E-state index >= 15 is 0 Å². The molecular formula is C10H14NOP. The summed E-state index contributed by atoms with van der Waals surface area (Å²) in [6.07, 6.45) is 1.94. The molecule has 2 atom stereocenters. The molecule has 3 heteroatoms. The van der Waals surface area contributed by atoms with Crippen molar-refractivity contribution in [2.24, 2.45) is 0 Å². The van der Waals surface area contributed by atoms with Crippen molar-refractivity contribution in [1.29, 1.82) is 0 Å². The van der Waals surface area contributed by atoms with E-state index in [9.17, 15) is 5.21 Å². The molecule has 13 heavy (non-hydrogen) atoms. The van der Waals surface area contributed by atoms with Crippen molar-refractivity contribution in [1.82, 2.24) is 4.42 Å².